The van der Waals surface area contributed by atoms with Crippen molar-refractivity contribution in [3.8, 4) is 6.07 Å². The maximum Gasteiger partial charge on any atom is 0.0992 e. The van der Waals surface area contributed by atoms with E-state index in [1.54, 1.807) is 0 Å². The van der Waals surface area contributed by atoms with E-state index in [2.05, 4.69) is 46.2 Å². The van der Waals surface area contributed by atoms with Crippen LogP contribution in [-0.4, -0.2) is 31.1 Å². The molecule has 1 aromatic carbocycles. The summed E-state index contributed by atoms with van der Waals surface area (Å²) >= 11 is 3.53. The first kappa shape index (κ1) is 14.4. The van der Waals surface area contributed by atoms with E-state index < -0.39 is 0 Å². The highest BCUT2D eigenvalue weighted by Crippen LogP contribution is 2.27. The molecule has 0 saturated carbocycles. The third kappa shape index (κ3) is 3.71. The van der Waals surface area contributed by atoms with Gasteiger partial charge in [0.2, 0.25) is 0 Å². The van der Waals surface area contributed by atoms with Crippen LogP contribution in [0.15, 0.2) is 22.7 Å². The van der Waals surface area contributed by atoms with Crippen molar-refractivity contribution in [2.75, 3.05) is 25.5 Å². The Morgan fingerprint density at radius 1 is 1.42 bits per heavy atom. The molecule has 0 aromatic heterocycles. The zero-order chi connectivity index (χ0) is 13.8. The van der Waals surface area contributed by atoms with Gasteiger partial charge in [-0.15, -0.1) is 0 Å². The van der Waals surface area contributed by atoms with Gasteiger partial charge < -0.3 is 10.2 Å². The van der Waals surface area contributed by atoms with Crippen molar-refractivity contribution in [3.63, 3.8) is 0 Å². The van der Waals surface area contributed by atoms with Crippen molar-refractivity contribution in [1.29, 1.82) is 5.26 Å². The fraction of sp³-hybridized carbons (Fsp3) is 0.533. The molecule has 0 aliphatic carbocycles. The minimum Gasteiger partial charge on any atom is -0.381 e. The molecule has 102 valence electrons. The van der Waals surface area contributed by atoms with Crippen molar-refractivity contribution in [2.45, 2.75) is 25.8 Å². The molecule has 0 spiro atoms. The van der Waals surface area contributed by atoms with E-state index in [0.717, 1.165) is 16.1 Å². The fourth-order valence-electron chi connectivity index (χ4n) is 2.59. The van der Waals surface area contributed by atoms with Gasteiger partial charge in [0.25, 0.3) is 0 Å². The molecule has 3 nitrogen and oxygen atoms in total. The number of hydrogen-bond acceptors (Lipinski definition) is 3. The Labute approximate surface area is 123 Å². The summed E-state index contributed by atoms with van der Waals surface area (Å²) in [5, 5.41) is 12.4. The van der Waals surface area contributed by atoms with Crippen LogP contribution in [0, 0.1) is 17.2 Å². The van der Waals surface area contributed by atoms with Gasteiger partial charge in [0.1, 0.15) is 0 Å². The summed E-state index contributed by atoms with van der Waals surface area (Å²) in [7, 11) is 2.19. The van der Waals surface area contributed by atoms with E-state index in [1.807, 2.05) is 18.2 Å². The summed E-state index contributed by atoms with van der Waals surface area (Å²) in [5.74, 6) is 0.721. The molecule has 1 aromatic rings. The highest BCUT2D eigenvalue weighted by Gasteiger charge is 2.22. The Morgan fingerprint density at radius 2 is 2.11 bits per heavy atom. The first-order chi connectivity index (χ1) is 9.10. The molecule has 1 fully saturated rings. The van der Waals surface area contributed by atoms with E-state index in [9.17, 15) is 0 Å². The smallest absolute Gasteiger partial charge is 0.0992 e. The Bertz CT molecular complexity index is 473. The lowest BCUT2D eigenvalue weighted by atomic mass is 9.90. The topological polar surface area (TPSA) is 39.1 Å². The summed E-state index contributed by atoms with van der Waals surface area (Å²) in [6.45, 7) is 4.62. The number of nitrogens with zero attached hydrogens (tertiary/aromatic N) is 2. The maximum atomic E-state index is 8.87. The second kappa shape index (κ2) is 6.40. The van der Waals surface area contributed by atoms with Crippen molar-refractivity contribution in [3.05, 3.63) is 28.2 Å². The molecule has 1 saturated heterocycles. The quantitative estimate of drug-likeness (QED) is 0.926. The highest BCUT2D eigenvalue weighted by molar-refractivity contribution is 9.10. The Kier molecular flexibility index (Phi) is 4.84. The number of halogens is 1. The van der Waals surface area contributed by atoms with Crippen LogP contribution in [0.2, 0.25) is 0 Å². The maximum absolute atomic E-state index is 8.87. The van der Waals surface area contributed by atoms with Crippen molar-refractivity contribution in [1.82, 2.24) is 4.90 Å². The van der Waals surface area contributed by atoms with Crippen LogP contribution in [0.4, 0.5) is 5.69 Å². The number of nitriles is 1. The van der Waals surface area contributed by atoms with Crippen molar-refractivity contribution < 1.29 is 0 Å². The van der Waals surface area contributed by atoms with Gasteiger partial charge in [0, 0.05) is 16.2 Å². The number of rotatable bonds is 3. The lowest BCUT2D eigenvalue weighted by Gasteiger charge is -2.33. The van der Waals surface area contributed by atoms with Crippen LogP contribution >= 0.6 is 15.9 Å². The van der Waals surface area contributed by atoms with Crippen LogP contribution in [-0.2, 0) is 0 Å². The molecule has 1 aliphatic heterocycles. The molecule has 1 aliphatic rings. The Hall–Kier alpha value is -1.05. The predicted molar refractivity (Wildman–Crippen MR) is 82.2 cm³/mol. The Balaban J connectivity index is 1.99. The van der Waals surface area contributed by atoms with Crippen LogP contribution in [0.3, 0.4) is 0 Å². The van der Waals surface area contributed by atoms with Gasteiger partial charge in [-0.05, 0) is 79.9 Å². The largest absolute Gasteiger partial charge is 0.381 e. The lowest BCUT2D eigenvalue weighted by molar-refractivity contribution is 0.208. The van der Waals surface area contributed by atoms with Gasteiger partial charge in [0.15, 0.2) is 0 Å². The molecule has 1 heterocycles. The average Bonchev–Trinajstić information content (AvgIpc) is 2.41. The molecule has 4 heteroatoms. The van der Waals surface area contributed by atoms with E-state index in [1.165, 1.54) is 25.9 Å². The first-order valence-electron chi connectivity index (χ1n) is 6.75. The second-order valence-electron chi connectivity index (χ2n) is 5.38. The highest BCUT2D eigenvalue weighted by atomic mass is 79.9. The molecule has 1 N–H and O–H groups in total. The van der Waals surface area contributed by atoms with Crippen LogP contribution < -0.4 is 5.32 Å². The van der Waals surface area contributed by atoms with Gasteiger partial charge >= 0.3 is 0 Å². The minimum absolute atomic E-state index is 0.456. The van der Waals surface area contributed by atoms with E-state index in [0.29, 0.717) is 11.6 Å². The molecular formula is C15H20BrN3. The molecule has 1 unspecified atom stereocenters. The van der Waals surface area contributed by atoms with Crippen molar-refractivity contribution in [2.24, 2.45) is 5.92 Å². The standard InChI is InChI=1S/C15H20BrN3/c1-11(13-5-7-19(2)8-6-13)18-15-4-3-12(10-17)9-14(15)16/h3-4,9,11,13,18H,5-8H2,1-2H3. The van der Waals surface area contributed by atoms with Gasteiger partial charge in [0.05, 0.1) is 11.6 Å². The van der Waals surface area contributed by atoms with Crippen LogP contribution in [0.25, 0.3) is 0 Å². The number of likely N-dealkylation sites (tertiary alicyclic amines) is 1. The SMILES string of the molecule is CC(Nc1ccc(C#N)cc1Br)C1CCN(C)CC1. The summed E-state index contributed by atoms with van der Waals surface area (Å²) in [6, 6.07) is 8.31. The fourth-order valence-corrected chi connectivity index (χ4v) is 3.09. The number of benzene rings is 1. The normalized spacial score (nSPS) is 18.8. The Morgan fingerprint density at radius 3 is 2.68 bits per heavy atom. The average molecular weight is 322 g/mol. The molecule has 0 radical (unpaired) electrons. The monoisotopic (exact) mass is 321 g/mol. The number of piperidine rings is 1. The van der Waals surface area contributed by atoms with E-state index in [4.69, 9.17) is 5.26 Å². The first-order valence-corrected chi connectivity index (χ1v) is 7.54. The summed E-state index contributed by atoms with van der Waals surface area (Å²) in [4.78, 5) is 2.39. The van der Waals surface area contributed by atoms with Gasteiger partial charge in [-0.1, -0.05) is 0 Å². The summed E-state index contributed by atoms with van der Waals surface area (Å²) in [5.41, 5.74) is 1.76. The summed E-state index contributed by atoms with van der Waals surface area (Å²) < 4.78 is 0.964. The van der Waals surface area contributed by atoms with Crippen LogP contribution in [0.5, 0.6) is 0 Å². The zero-order valence-corrected chi connectivity index (χ0v) is 13.1. The van der Waals surface area contributed by atoms with Gasteiger partial charge in [-0.3, -0.25) is 0 Å². The zero-order valence-electron chi connectivity index (χ0n) is 11.5. The minimum atomic E-state index is 0.456. The van der Waals surface area contributed by atoms with Gasteiger partial charge in [-0.2, -0.15) is 5.26 Å². The third-order valence-electron chi connectivity index (χ3n) is 3.95. The molecule has 0 amide bonds. The number of anilines is 1. The molecule has 1 atom stereocenters. The lowest BCUT2D eigenvalue weighted by Crippen LogP contribution is -2.37. The predicted octanol–water partition coefficient (Wildman–Crippen LogP) is 3.46. The third-order valence-corrected chi connectivity index (χ3v) is 4.61. The van der Waals surface area contributed by atoms with E-state index in [-0.39, 0.29) is 0 Å². The number of nitrogens with one attached hydrogen (secondary N) is 1. The molecule has 2 rings (SSSR count). The van der Waals surface area contributed by atoms with E-state index >= 15 is 0 Å². The summed E-state index contributed by atoms with van der Waals surface area (Å²) in [6.07, 6.45) is 2.50. The molecule has 0 bridgehead atoms. The van der Waals surface area contributed by atoms with Crippen LogP contribution in [0.1, 0.15) is 25.3 Å². The second-order valence-corrected chi connectivity index (χ2v) is 6.23. The number of hydrogen-bond donors (Lipinski definition) is 1. The molecule has 19 heavy (non-hydrogen) atoms. The molecular weight excluding hydrogens is 302 g/mol. The van der Waals surface area contributed by atoms with Crippen molar-refractivity contribution >= 4 is 21.6 Å². The van der Waals surface area contributed by atoms with Gasteiger partial charge in [-0.25, -0.2) is 0 Å².